The Morgan fingerprint density at radius 2 is 1.94 bits per heavy atom. The number of hydrogen-bond donors (Lipinski definition) is 1. The first-order valence-electron chi connectivity index (χ1n) is 5.64. The van der Waals surface area contributed by atoms with Crippen molar-refractivity contribution in [2.75, 3.05) is 29.5 Å². The van der Waals surface area contributed by atoms with E-state index in [1.54, 1.807) is 6.07 Å². The highest BCUT2D eigenvalue weighted by Gasteiger charge is 2.10. The summed E-state index contributed by atoms with van der Waals surface area (Å²) < 4.78 is 25.9. The van der Waals surface area contributed by atoms with Gasteiger partial charge in [0, 0.05) is 19.8 Å². The monoisotopic (exact) mass is 256 g/mol. The minimum Gasteiger partial charge on any atom is -0.378 e. The normalized spacial score (nSPS) is 11.3. The van der Waals surface area contributed by atoms with Gasteiger partial charge in [-0.05, 0) is 37.1 Å². The average molecular weight is 256 g/mol. The number of hydrogen-bond acceptors (Lipinski definition) is 3. The largest absolute Gasteiger partial charge is 0.378 e. The molecule has 17 heavy (non-hydrogen) atoms. The fraction of sp³-hybridized carbons (Fsp3) is 0.500. The summed E-state index contributed by atoms with van der Waals surface area (Å²) in [5, 5.41) is 0. The molecule has 1 aromatic carbocycles. The standard InChI is InChI=1S/C12H20N2O2S/c1-5-8-17(15,16)13-12-7-6-11(14(3)4)9-10(12)2/h6-7,9,13H,5,8H2,1-4H3. The molecule has 0 radical (unpaired) electrons. The van der Waals surface area contributed by atoms with Gasteiger partial charge >= 0.3 is 0 Å². The molecule has 0 atom stereocenters. The van der Waals surface area contributed by atoms with Gasteiger partial charge in [-0.25, -0.2) is 8.42 Å². The van der Waals surface area contributed by atoms with E-state index in [1.807, 2.05) is 45.0 Å². The number of anilines is 2. The third-order valence-electron chi connectivity index (χ3n) is 2.46. The number of sulfonamides is 1. The molecule has 1 N–H and O–H groups in total. The van der Waals surface area contributed by atoms with E-state index in [-0.39, 0.29) is 5.75 Å². The molecule has 5 heteroatoms. The van der Waals surface area contributed by atoms with Crippen LogP contribution in [0.5, 0.6) is 0 Å². The highest BCUT2D eigenvalue weighted by atomic mass is 32.2. The SMILES string of the molecule is CCCS(=O)(=O)Nc1ccc(N(C)C)cc1C. The minimum atomic E-state index is -3.20. The molecule has 0 amide bonds. The van der Waals surface area contributed by atoms with Crippen LogP contribution in [-0.2, 0) is 10.0 Å². The van der Waals surface area contributed by atoms with E-state index < -0.39 is 10.0 Å². The smallest absolute Gasteiger partial charge is 0.232 e. The third-order valence-corrected chi connectivity index (χ3v) is 3.94. The molecule has 4 nitrogen and oxygen atoms in total. The average Bonchev–Trinajstić information content (AvgIpc) is 2.20. The lowest BCUT2D eigenvalue weighted by Crippen LogP contribution is -2.17. The topological polar surface area (TPSA) is 49.4 Å². The number of nitrogens with zero attached hydrogens (tertiary/aromatic N) is 1. The molecule has 0 aliphatic carbocycles. The van der Waals surface area contributed by atoms with E-state index in [4.69, 9.17) is 0 Å². The zero-order valence-electron chi connectivity index (χ0n) is 10.8. The van der Waals surface area contributed by atoms with Crippen LogP contribution in [0.3, 0.4) is 0 Å². The van der Waals surface area contributed by atoms with Gasteiger partial charge in [-0.15, -0.1) is 0 Å². The lowest BCUT2D eigenvalue weighted by molar-refractivity contribution is 0.600. The molecular formula is C12H20N2O2S. The molecule has 1 aromatic rings. The summed E-state index contributed by atoms with van der Waals surface area (Å²) in [4.78, 5) is 1.98. The van der Waals surface area contributed by atoms with Crippen molar-refractivity contribution in [1.29, 1.82) is 0 Å². The van der Waals surface area contributed by atoms with Crippen molar-refractivity contribution < 1.29 is 8.42 Å². The van der Waals surface area contributed by atoms with Crippen LogP contribution in [0.25, 0.3) is 0 Å². The maximum atomic E-state index is 11.6. The Morgan fingerprint density at radius 1 is 1.29 bits per heavy atom. The fourth-order valence-corrected chi connectivity index (χ4v) is 2.73. The van der Waals surface area contributed by atoms with E-state index in [9.17, 15) is 8.42 Å². The molecule has 0 saturated carbocycles. The molecule has 0 aromatic heterocycles. The molecule has 0 aliphatic heterocycles. The predicted molar refractivity (Wildman–Crippen MR) is 73.2 cm³/mol. The van der Waals surface area contributed by atoms with Gasteiger partial charge in [0.25, 0.3) is 0 Å². The Bertz CT molecular complexity index is 481. The van der Waals surface area contributed by atoms with Gasteiger partial charge in [-0.1, -0.05) is 6.92 Å². The van der Waals surface area contributed by atoms with E-state index >= 15 is 0 Å². The van der Waals surface area contributed by atoms with E-state index in [0.717, 1.165) is 11.3 Å². The maximum Gasteiger partial charge on any atom is 0.232 e. The second kappa shape index (κ2) is 5.40. The molecule has 0 spiro atoms. The molecule has 96 valence electrons. The second-order valence-electron chi connectivity index (χ2n) is 4.31. The van der Waals surface area contributed by atoms with Gasteiger partial charge in [0.05, 0.1) is 11.4 Å². The lowest BCUT2D eigenvalue weighted by atomic mass is 10.2. The van der Waals surface area contributed by atoms with Crippen LogP contribution < -0.4 is 9.62 Å². The zero-order valence-corrected chi connectivity index (χ0v) is 11.6. The Kier molecular flexibility index (Phi) is 4.40. The summed E-state index contributed by atoms with van der Waals surface area (Å²) in [6, 6.07) is 5.67. The van der Waals surface area contributed by atoms with Gasteiger partial charge in [0.1, 0.15) is 0 Å². The molecule has 0 unspecified atom stereocenters. The van der Waals surface area contributed by atoms with Crippen molar-refractivity contribution in [2.45, 2.75) is 20.3 Å². The van der Waals surface area contributed by atoms with Crippen molar-refractivity contribution in [1.82, 2.24) is 0 Å². The van der Waals surface area contributed by atoms with E-state index in [0.29, 0.717) is 12.1 Å². The number of aryl methyl sites for hydroxylation is 1. The second-order valence-corrected chi connectivity index (χ2v) is 6.16. The van der Waals surface area contributed by atoms with Gasteiger partial charge in [0.15, 0.2) is 0 Å². The first kappa shape index (κ1) is 13.8. The highest BCUT2D eigenvalue weighted by Crippen LogP contribution is 2.22. The summed E-state index contributed by atoms with van der Waals surface area (Å²) in [6.45, 7) is 3.75. The van der Waals surface area contributed by atoms with Crippen LogP contribution in [0.1, 0.15) is 18.9 Å². The van der Waals surface area contributed by atoms with Crippen LogP contribution in [0, 0.1) is 6.92 Å². The third kappa shape index (κ3) is 3.93. The van der Waals surface area contributed by atoms with Crippen molar-refractivity contribution in [3.05, 3.63) is 23.8 Å². The molecule has 0 saturated heterocycles. The van der Waals surface area contributed by atoms with Crippen LogP contribution in [-0.4, -0.2) is 28.3 Å². The summed E-state index contributed by atoms with van der Waals surface area (Å²) >= 11 is 0. The molecule has 1 rings (SSSR count). The van der Waals surface area contributed by atoms with Crippen LogP contribution in [0.15, 0.2) is 18.2 Å². The molecule has 0 fully saturated rings. The Labute approximate surface area is 104 Å². The first-order chi connectivity index (χ1) is 7.85. The van der Waals surface area contributed by atoms with Crippen molar-refractivity contribution in [3.8, 4) is 0 Å². The Hall–Kier alpha value is -1.23. The summed E-state index contributed by atoms with van der Waals surface area (Å²) in [6.07, 6.45) is 0.615. The van der Waals surface area contributed by atoms with Crippen LogP contribution >= 0.6 is 0 Å². The number of nitrogens with one attached hydrogen (secondary N) is 1. The van der Waals surface area contributed by atoms with Crippen LogP contribution in [0.4, 0.5) is 11.4 Å². The van der Waals surface area contributed by atoms with E-state index in [1.165, 1.54) is 0 Å². The van der Waals surface area contributed by atoms with Crippen molar-refractivity contribution >= 4 is 21.4 Å². The van der Waals surface area contributed by atoms with Gasteiger partial charge < -0.3 is 4.90 Å². The number of benzene rings is 1. The molecule has 0 heterocycles. The van der Waals surface area contributed by atoms with E-state index in [2.05, 4.69) is 4.72 Å². The quantitative estimate of drug-likeness (QED) is 0.878. The lowest BCUT2D eigenvalue weighted by Gasteiger charge is -2.16. The maximum absolute atomic E-state index is 11.6. The Morgan fingerprint density at radius 3 is 2.41 bits per heavy atom. The summed E-state index contributed by atoms with van der Waals surface area (Å²) in [5.74, 6) is 0.155. The summed E-state index contributed by atoms with van der Waals surface area (Å²) in [7, 11) is 0.704. The predicted octanol–water partition coefficient (Wildman–Crippen LogP) is 2.21. The van der Waals surface area contributed by atoms with Crippen molar-refractivity contribution in [2.24, 2.45) is 0 Å². The zero-order chi connectivity index (χ0) is 13.1. The highest BCUT2D eigenvalue weighted by molar-refractivity contribution is 7.92. The molecule has 0 bridgehead atoms. The minimum absolute atomic E-state index is 0.155. The van der Waals surface area contributed by atoms with Gasteiger partial charge in [-0.2, -0.15) is 0 Å². The summed E-state index contributed by atoms with van der Waals surface area (Å²) in [5.41, 5.74) is 2.64. The molecular weight excluding hydrogens is 236 g/mol. The fourth-order valence-electron chi connectivity index (χ4n) is 1.53. The van der Waals surface area contributed by atoms with Gasteiger partial charge in [0.2, 0.25) is 10.0 Å². The number of rotatable bonds is 5. The van der Waals surface area contributed by atoms with Crippen molar-refractivity contribution in [3.63, 3.8) is 0 Å². The first-order valence-corrected chi connectivity index (χ1v) is 7.29. The van der Waals surface area contributed by atoms with Gasteiger partial charge in [-0.3, -0.25) is 4.72 Å². The Balaban J connectivity index is 2.94. The molecule has 0 aliphatic rings. The van der Waals surface area contributed by atoms with Crippen LogP contribution in [0.2, 0.25) is 0 Å².